The first-order valence-corrected chi connectivity index (χ1v) is 8.20. The quantitative estimate of drug-likeness (QED) is 0.798. The summed E-state index contributed by atoms with van der Waals surface area (Å²) < 4.78 is 0. The maximum atomic E-state index is 12.5. The van der Waals surface area contributed by atoms with Crippen LogP contribution in [0, 0.1) is 13.8 Å². The van der Waals surface area contributed by atoms with E-state index in [4.69, 9.17) is 0 Å². The molecule has 3 heteroatoms. The highest BCUT2D eigenvalue weighted by Gasteiger charge is 2.29. The van der Waals surface area contributed by atoms with E-state index < -0.39 is 0 Å². The molecule has 2 saturated heterocycles. The van der Waals surface area contributed by atoms with E-state index in [9.17, 15) is 4.79 Å². The second-order valence-corrected chi connectivity index (χ2v) is 6.64. The largest absolute Gasteiger partial charge is 0.298 e. The number of rotatable bonds is 3. The zero-order valence-corrected chi connectivity index (χ0v) is 13.3. The number of nitrogens with zero attached hydrogens (tertiary/aromatic N) is 2. The molecule has 0 saturated carbocycles. The highest BCUT2D eigenvalue weighted by molar-refractivity contribution is 5.97. The number of carbonyl (C=O) groups excluding carboxylic acids is 1. The number of hydrogen-bond acceptors (Lipinski definition) is 3. The van der Waals surface area contributed by atoms with Crippen molar-refractivity contribution in [2.45, 2.75) is 39.2 Å². The predicted octanol–water partition coefficient (Wildman–Crippen LogP) is 2.66. The molecule has 1 unspecified atom stereocenters. The summed E-state index contributed by atoms with van der Waals surface area (Å²) in [4.78, 5) is 17.4. The van der Waals surface area contributed by atoms with Crippen molar-refractivity contribution in [3.05, 3.63) is 34.9 Å². The molecule has 0 spiro atoms. The third-order valence-electron chi connectivity index (χ3n) is 5.12. The normalized spacial score (nSPS) is 23.8. The fourth-order valence-electron chi connectivity index (χ4n) is 3.57. The first kappa shape index (κ1) is 14.7. The van der Waals surface area contributed by atoms with E-state index in [1.807, 2.05) is 12.1 Å². The van der Waals surface area contributed by atoms with Gasteiger partial charge in [0, 0.05) is 31.2 Å². The van der Waals surface area contributed by atoms with Gasteiger partial charge >= 0.3 is 0 Å². The Morgan fingerprint density at radius 2 is 2.00 bits per heavy atom. The second-order valence-electron chi connectivity index (χ2n) is 6.64. The summed E-state index contributed by atoms with van der Waals surface area (Å²) in [6.45, 7) is 9.23. The Labute approximate surface area is 127 Å². The van der Waals surface area contributed by atoms with Gasteiger partial charge in [-0.3, -0.25) is 14.6 Å². The summed E-state index contributed by atoms with van der Waals surface area (Å²) in [6.07, 6.45) is 3.99. The Kier molecular flexibility index (Phi) is 4.41. The fourth-order valence-corrected chi connectivity index (χ4v) is 3.57. The van der Waals surface area contributed by atoms with Crippen molar-refractivity contribution in [1.29, 1.82) is 0 Å². The Hall–Kier alpha value is -1.19. The van der Waals surface area contributed by atoms with Crippen molar-refractivity contribution in [2.75, 3.05) is 32.7 Å². The number of benzene rings is 1. The maximum Gasteiger partial charge on any atom is 0.176 e. The van der Waals surface area contributed by atoms with Crippen LogP contribution in [-0.2, 0) is 0 Å². The molecule has 3 rings (SSSR count). The molecule has 0 aromatic heterocycles. The molecule has 21 heavy (non-hydrogen) atoms. The van der Waals surface area contributed by atoms with E-state index in [0.29, 0.717) is 12.6 Å². The molecule has 2 heterocycles. The van der Waals surface area contributed by atoms with E-state index in [1.165, 1.54) is 36.9 Å². The van der Waals surface area contributed by atoms with Crippen LogP contribution in [0.5, 0.6) is 0 Å². The summed E-state index contributed by atoms with van der Waals surface area (Å²) in [7, 11) is 0. The fraction of sp³-hybridized carbons (Fsp3) is 0.611. The molecule has 2 aliphatic rings. The molecular weight excluding hydrogens is 260 g/mol. The van der Waals surface area contributed by atoms with Crippen molar-refractivity contribution in [2.24, 2.45) is 0 Å². The van der Waals surface area contributed by atoms with Gasteiger partial charge in [-0.1, -0.05) is 18.6 Å². The minimum Gasteiger partial charge on any atom is -0.298 e. The lowest BCUT2D eigenvalue weighted by molar-refractivity contribution is 0.0469. The van der Waals surface area contributed by atoms with Gasteiger partial charge in [0.15, 0.2) is 5.78 Å². The van der Waals surface area contributed by atoms with Crippen molar-refractivity contribution in [3.63, 3.8) is 0 Å². The van der Waals surface area contributed by atoms with Gasteiger partial charge in [-0.2, -0.15) is 0 Å². The van der Waals surface area contributed by atoms with Crippen LogP contribution in [0.1, 0.15) is 40.7 Å². The van der Waals surface area contributed by atoms with Gasteiger partial charge in [0.1, 0.15) is 0 Å². The molecule has 1 aromatic carbocycles. The van der Waals surface area contributed by atoms with Crippen LogP contribution in [0.25, 0.3) is 0 Å². The Bertz CT molecular complexity index is 526. The average Bonchev–Trinajstić information content (AvgIpc) is 2.50. The highest BCUT2D eigenvalue weighted by atomic mass is 16.1. The molecule has 2 aliphatic heterocycles. The highest BCUT2D eigenvalue weighted by Crippen LogP contribution is 2.21. The molecule has 0 bridgehead atoms. The summed E-state index contributed by atoms with van der Waals surface area (Å²) >= 11 is 0. The average molecular weight is 286 g/mol. The Balaban J connectivity index is 1.61. The van der Waals surface area contributed by atoms with Crippen molar-refractivity contribution in [1.82, 2.24) is 9.80 Å². The van der Waals surface area contributed by atoms with Crippen molar-refractivity contribution >= 4 is 5.78 Å². The van der Waals surface area contributed by atoms with Gasteiger partial charge in [0.05, 0.1) is 6.54 Å². The van der Waals surface area contributed by atoms with E-state index in [0.717, 1.165) is 25.2 Å². The molecule has 1 aromatic rings. The molecule has 0 amide bonds. The van der Waals surface area contributed by atoms with Crippen LogP contribution in [0.15, 0.2) is 18.2 Å². The lowest BCUT2D eigenvalue weighted by Gasteiger charge is -2.43. The van der Waals surface area contributed by atoms with E-state index in [2.05, 4.69) is 29.7 Å². The van der Waals surface area contributed by atoms with Crippen LogP contribution < -0.4 is 0 Å². The lowest BCUT2D eigenvalue weighted by Crippen LogP contribution is -2.55. The predicted molar refractivity (Wildman–Crippen MR) is 85.9 cm³/mol. The first-order valence-electron chi connectivity index (χ1n) is 8.20. The van der Waals surface area contributed by atoms with Crippen molar-refractivity contribution < 1.29 is 4.79 Å². The number of hydrogen-bond donors (Lipinski definition) is 0. The van der Waals surface area contributed by atoms with Gasteiger partial charge in [-0.05, 0) is 50.4 Å². The van der Waals surface area contributed by atoms with Crippen LogP contribution in [0.2, 0.25) is 0 Å². The Morgan fingerprint density at radius 3 is 2.81 bits per heavy atom. The zero-order valence-electron chi connectivity index (χ0n) is 13.3. The van der Waals surface area contributed by atoms with Gasteiger partial charge in [0.25, 0.3) is 0 Å². The summed E-state index contributed by atoms with van der Waals surface area (Å²) in [5.74, 6) is 0.266. The van der Waals surface area contributed by atoms with Crippen LogP contribution in [0.4, 0.5) is 0 Å². The van der Waals surface area contributed by atoms with Crippen LogP contribution >= 0.6 is 0 Å². The monoisotopic (exact) mass is 286 g/mol. The topological polar surface area (TPSA) is 23.6 Å². The SMILES string of the molecule is Cc1ccc(C(=O)CN2CCN3CCCCC3C2)cc1C. The molecule has 0 N–H and O–H groups in total. The minimum absolute atomic E-state index is 0.266. The van der Waals surface area contributed by atoms with E-state index in [1.54, 1.807) is 0 Å². The minimum atomic E-state index is 0.266. The first-order chi connectivity index (χ1) is 10.1. The Morgan fingerprint density at radius 1 is 1.14 bits per heavy atom. The number of carbonyl (C=O) groups is 1. The smallest absolute Gasteiger partial charge is 0.176 e. The summed E-state index contributed by atoms with van der Waals surface area (Å²) in [5, 5.41) is 0. The number of Topliss-reactive ketones (excluding diaryl/α,β-unsaturated/α-hetero) is 1. The zero-order chi connectivity index (χ0) is 14.8. The van der Waals surface area contributed by atoms with Crippen LogP contribution in [0.3, 0.4) is 0 Å². The van der Waals surface area contributed by atoms with Gasteiger partial charge in [-0.15, -0.1) is 0 Å². The molecule has 0 radical (unpaired) electrons. The number of aryl methyl sites for hydroxylation is 2. The molecule has 114 valence electrons. The number of fused-ring (bicyclic) bond motifs is 1. The van der Waals surface area contributed by atoms with Gasteiger partial charge in [-0.25, -0.2) is 0 Å². The number of piperazine rings is 1. The van der Waals surface area contributed by atoms with Gasteiger partial charge < -0.3 is 0 Å². The molecule has 1 atom stereocenters. The molecule has 3 nitrogen and oxygen atoms in total. The lowest BCUT2D eigenvalue weighted by atomic mass is 9.98. The molecule has 0 aliphatic carbocycles. The summed E-state index contributed by atoms with van der Waals surface area (Å²) in [6, 6.07) is 6.75. The van der Waals surface area contributed by atoms with E-state index in [-0.39, 0.29) is 5.78 Å². The standard InChI is InChI=1S/C18H26N2O/c1-14-6-7-16(11-15(14)2)18(21)13-19-9-10-20-8-4-3-5-17(20)12-19/h6-7,11,17H,3-5,8-10,12-13H2,1-2H3. The second kappa shape index (κ2) is 6.29. The number of piperidine rings is 1. The summed E-state index contributed by atoms with van der Waals surface area (Å²) in [5.41, 5.74) is 3.32. The van der Waals surface area contributed by atoms with Gasteiger partial charge in [0.2, 0.25) is 0 Å². The molecular formula is C18H26N2O. The molecule has 2 fully saturated rings. The third kappa shape index (κ3) is 3.35. The maximum absolute atomic E-state index is 12.5. The van der Waals surface area contributed by atoms with Crippen LogP contribution in [-0.4, -0.2) is 54.3 Å². The van der Waals surface area contributed by atoms with Crippen molar-refractivity contribution in [3.8, 4) is 0 Å². The third-order valence-corrected chi connectivity index (χ3v) is 5.12. The van der Waals surface area contributed by atoms with E-state index >= 15 is 0 Å². The number of ketones is 1.